The van der Waals surface area contributed by atoms with Crippen LogP contribution in [0.2, 0.25) is 5.02 Å². The van der Waals surface area contributed by atoms with Gasteiger partial charge in [0, 0.05) is 52.5 Å². The molecule has 0 aliphatic carbocycles. The number of nitrogens with one attached hydrogen (secondary N) is 2. The molecule has 0 bridgehead atoms. The van der Waals surface area contributed by atoms with E-state index in [1.165, 1.54) is 11.1 Å². The third kappa shape index (κ3) is 5.42. The van der Waals surface area contributed by atoms with Gasteiger partial charge in [-0.05, 0) is 87.9 Å². The Morgan fingerprint density at radius 1 is 1.03 bits per heavy atom. The lowest BCUT2D eigenvalue weighted by Crippen LogP contribution is -2.33. The Kier molecular flexibility index (Phi) is 7.73. The topological polar surface area (TPSA) is 62.2 Å². The highest BCUT2D eigenvalue weighted by Crippen LogP contribution is 2.43. The maximum absolute atomic E-state index is 12.9. The lowest BCUT2D eigenvalue weighted by Gasteiger charge is -2.29. The second-order valence-corrected chi connectivity index (χ2v) is 10.8. The van der Waals surface area contributed by atoms with Gasteiger partial charge in [0.15, 0.2) is 5.11 Å². The molecule has 2 aromatic heterocycles. The molecule has 0 unspecified atom stereocenters. The Morgan fingerprint density at radius 3 is 2.49 bits per heavy atom. The molecular weight excluding hydrogens is 526 g/mol. The number of pyridine rings is 1. The van der Waals surface area contributed by atoms with Gasteiger partial charge in [-0.25, -0.2) is 0 Å². The minimum Gasteiger partial charge on any atom is -0.352 e. The maximum Gasteiger partial charge on any atom is 0.226 e. The first-order valence-electron chi connectivity index (χ1n) is 13.0. The van der Waals surface area contributed by atoms with E-state index in [0.717, 1.165) is 34.0 Å². The van der Waals surface area contributed by atoms with Gasteiger partial charge in [-0.3, -0.25) is 9.78 Å². The predicted octanol–water partition coefficient (Wildman–Crippen LogP) is 6.76. The van der Waals surface area contributed by atoms with Gasteiger partial charge >= 0.3 is 0 Å². The van der Waals surface area contributed by atoms with Crippen molar-refractivity contribution in [1.82, 2.24) is 19.8 Å². The van der Waals surface area contributed by atoms with Crippen molar-refractivity contribution in [2.45, 2.75) is 46.2 Å². The molecule has 3 heterocycles. The standard InChI is InChI=1S/C31H32ClN5OS/c1-19-11-13-24(14-12-19)34-27(38)15-17-36-30(29(35-31(36)39)26-10-5-6-16-33-26)28-20(2)21(3)37(22(28)4)25-9-7-8-23(32)18-25/h5-14,16,18,29-30H,15,17H2,1-4H3,(H,34,38)(H,35,39)/t29-,30-/m1/s1. The summed E-state index contributed by atoms with van der Waals surface area (Å²) in [6.07, 6.45) is 2.10. The van der Waals surface area contributed by atoms with Crippen LogP contribution in [0.3, 0.4) is 0 Å². The molecule has 4 aromatic rings. The van der Waals surface area contributed by atoms with E-state index in [9.17, 15) is 4.79 Å². The monoisotopic (exact) mass is 557 g/mol. The molecule has 0 saturated carbocycles. The summed E-state index contributed by atoms with van der Waals surface area (Å²) in [5.74, 6) is -0.0530. The molecule has 1 fully saturated rings. The number of amides is 1. The normalized spacial score (nSPS) is 16.8. The molecule has 8 heteroatoms. The van der Waals surface area contributed by atoms with Gasteiger partial charge < -0.3 is 20.1 Å². The summed E-state index contributed by atoms with van der Waals surface area (Å²) >= 11 is 12.2. The average Bonchev–Trinajstić information content (AvgIpc) is 3.35. The number of aromatic nitrogens is 2. The van der Waals surface area contributed by atoms with E-state index < -0.39 is 0 Å². The summed E-state index contributed by atoms with van der Waals surface area (Å²) in [6.45, 7) is 8.91. The van der Waals surface area contributed by atoms with E-state index in [0.29, 0.717) is 23.1 Å². The average molecular weight is 558 g/mol. The molecule has 1 saturated heterocycles. The van der Waals surface area contributed by atoms with Crippen molar-refractivity contribution < 1.29 is 4.79 Å². The summed E-state index contributed by atoms with van der Waals surface area (Å²) < 4.78 is 2.25. The summed E-state index contributed by atoms with van der Waals surface area (Å²) in [5, 5.41) is 7.83. The van der Waals surface area contributed by atoms with Crippen molar-refractivity contribution in [3.05, 3.63) is 112 Å². The number of anilines is 1. The van der Waals surface area contributed by atoms with Gasteiger partial charge in [-0.1, -0.05) is 41.4 Å². The Hall–Kier alpha value is -3.68. The third-order valence-corrected chi connectivity index (χ3v) is 8.07. The van der Waals surface area contributed by atoms with Crippen LogP contribution in [0.25, 0.3) is 5.69 Å². The van der Waals surface area contributed by atoms with Gasteiger partial charge in [0.25, 0.3) is 0 Å². The summed E-state index contributed by atoms with van der Waals surface area (Å²) in [5.41, 5.74) is 8.46. The van der Waals surface area contributed by atoms with Crippen LogP contribution < -0.4 is 10.6 Å². The van der Waals surface area contributed by atoms with Crippen molar-refractivity contribution in [2.75, 3.05) is 11.9 Å². The smallest absolute Gasteiger partial charge is 0.226 e. The van der Waals surface area contributed by atoms with Crippen LogP contribution in [0.4, 0.5) is 5.69 Å². The van der Waals surface area contributed by atoms with E-state index in [1.807, 2.05) is 67.6 Å². The summed E-state index contributed by atoms with van der Waals surface area (Å²) in [7, 11) is 0. The Balaban J connectivity index is 1.50. The minimum atomic E-state index is -0.161. The van der Waals surface area contributed by atoms with Crippen LogP contribution in [-0.4, -0.2) is 32.0 Å². The SMILES string of the molecule is Cc1ccc(NC(=O)CCN2C(=S)N[C@H](c3ccccn3)[C@H]2c2c(C)c(C)n(-c3cccc(Cl)c3)c2C)cc1. The molecule has 5 rings (SSSR count). The molecule has 6 nitrogen and oxygen atoms in total. The largest absolute Gasteiger partial charge is 0.352 e. The number of benzene rings is 2. The van der Waals surface area contributed by atoms with E-state index >= 15 is 0 Å². The molecule has 1 amide bonds. The van der Waals surface area contributed by atoms with E-state index in [4.69, 9.17) is 23.8 Å². The summed E-state index contributed by atoms with van der Waals surface area (Å²) in [4.78, 5) is 19.7. The third-order valence-electron chi connectivity index (χ3n) is 7.48. The van der Waals surface area contributed by atoms with Gasteiger partial charge in [0.2, 0.25) is 5.91 Å². The van der Waals surface area contributed by atoms with E-state index in [2.05, 4.69) is 51.9 Å². The zero-order chi connectivity index (χ0) is 27.7. The number of nitrogens with zero attached hydrogens (tertiary/aromatic N) is 3. The highest BCUT2D eigenvalue weighted by atomic mass is 35.5. The Bertz CT molecular complexity index is 1520. The first-order valence-corrected chi connectivity index (χ1v) is 13.8. The fourth-order valence-electron chi connectivity index (χ4n) is 5.49. The van der Waals surface area contributed by atoms with Gasteiger partial charge in [0.05, 0.1) is 17.8 Å². The van der Waals surface area contributed by atoms with Crippen molar-refractivity contribution in [2.24, 2.45) is 0 Å². The minimum absolute atomic E-state index is 0.0530. The van der Waals surface area contributed by atoms with E-state index in [-0.39, 0.29) is 18.0 Å². The molecule has 2 aromatic carbocycles. The van der Waals surface area contributed by atoms with Gasteiger partial charge in [0.1, 0.15) is 0 Å². The lowest BCUT2D eigenvalue weighted by atomic mass is 9.93. The first kappa shape index (κ1) is 26.9. The Morgan fingerprint density at radius 2 is 1.79 bits per heavy atom. The van der Waals surface area contributed by atoms with Gasteiger partial charge in [-0.2, -0.15) is 0 Å². The van der Waals surface area contributed by atoms with Crippen LogP contribution in [0.5, 0.6) is 0 Å². The number of rotatable bonds is 7. The van der Waals surface area contributed by atoms with Crippen molar-refractivity contribution in [1.29, 1.82) is 0 Å². The second-order valence-electron chi connectivity index (χ2n) is 10.0. The van der Waals surface area contributed by atoms with Crippen LogP contribution in [0, 0.1) is 27.7 Å². The van der Waals surface area contributed by atoms with Crippen molar-refractivity contribution in [3.63, 3.8) is 0 Å². The maximum atomic E-state index is 12.9. The number of hydrogen-bond donors (Lipinski definition) is 2. The number of carbonyl (C=O) groups is 1. The van der Waals surface area contributed by atoms with Crippen LogP contribution in [-0.2, 0) is 4.79 Å². The zero-order valence-electron chi connectivity index (χ0n) is 22.5. The number of hydrogen-bond acceptors (Lipinski definition) is 3. The van der Waals surface area contributed by atoms with Crippen molar-refractivity contribution in [3.8, 4) is 5.69 Å². The van der Waals surface area contributed by atoms with Crippen LogP contribution in [0.1, 0.15) is 52.3 Å². The summed E-state index contributed by atoms with van der Waals surface area (Å²) in [6, 6.07) is 21.3. The number of halogens is 1. The highest BCUT2D eigenvalue weighted by Gasteiger charge is 2.42. The molecule has 39 heavy (non-hydrogen) atoms. The van der Waals surface area contributed by atoms with Crippen LogP contribution >= 0.6 is 23.8 Å². The van der Waals surface area contributed by atoms with E-state index in [1.54, 1.807) is 6.20 Å². The molecule has 2 atom stereocenters. The lowest BCUT2D eigenvalue weighted by molar-refractivity contribution is -0.116. The number of carbonyl (C=O) groups excluding carboxylic acids is 1. The van der Waals surface area contributed by atoms with Crippen LogP contribution in [0.15, 0.2) is 72.9 Å². The zero-order valence-corrected chi connectivity index (χ0v) is 24.1. The molecule has 2 N–H and O–H groups in total. The second kappa shape index (κ2) is 11.2. The first-order chi connectivity index (χ1) is 18.7. The fraction of sp³-hybridized carbons (Fsp3) is 0.258. The van der Waals surface area contributed by atoms with Gasteiger partial charge in [-0.15, -0.1) is 0 Å². The number of aryl methyl sites for hydroxylation is 1. The number of thiocarbonyl (C=S) groups is 1. The quantitative estimate of drug-likeness (QED) is 0.246. The molecule has 0 spiro atoms. The highest BCUT2D eigenvalue weighted by molar-refractivity contribution is 7.80. The molecule has 1 aliphatic rings. The van der Waals surface area contributed by atoms with Crippen molar-refractivity contribution >= 4 is 40.5 Å². The molecule has 1 aliphatic heterocycles. The molecule has 200 valence electrons. The Labute approximate surface area is 240 Å². The molecular formula is C31H32ClN5OS. The predicted molar refractivity (Wildman–Crippen MR) is 162 cm³/mol. The molecule has 0 radical (unpaired) electrons. The fourth-order valence-corrected chi connectivity index (χ4v) is 6.00.